The highest BCUT2D eigenvalue weighted by Crippen LogP contribution is 2.23. The van der Waals surface area contributed by atoms with Gasteiger partial charge in [0.1, 0.15) is 0 Å². The zero-order valence-corrected chi connectivity index (χ0v) is 9.83. The molecule has 0 amide bonds. The molecule has 0 aromatic rings. The third kappa shape index (κ3) is 4.20. The first kappa shape index (κ1) is 12.5. The normalized spacial score (nSPS) is 26.3. The fraction of sp³-hybridized carbons (Fsp3) is 0.917. The molecule has 3 heteroatoms. The molecule has 0 aromatic carbocycles. The Hall–Kier alpha value is -0.570. The Morgan fingerprint density at radius 2 is 2.20 bits per heavy atom. The van der Waals surface area contributed by atoms with Gasteiger partial charge in [0.25, 0.3) is 0 Å². The number of rotatable bonds is 5. The Balaban J connectivity index is 2.15. The molecule has 1 aliphatic rings. The number of esters is 1. The SMILES string of the molecule is CCCCCC1CCC(C(=O)OC)CO1. The van der Waals surface area contributed by atoms with Crippen LogP contribution < -0.4 is 0 Å². The Morgan fingerprint density at radius 3 is 2.73 bits per heavy atom. The zero-order valence-electron chi connectivity index (χ0n) is 9.83. The molecule has 1 fully saturated rings. The first-order chi connectivity index (χ1) is 7.27. The summed E-state index contributed by atoms with van der Waals surface area (Å²) in [6.07, 6.45) is 7.20. The van der Waals surface area contributed by atoms with Crippen molar-refractivity contribution in [3.63, 3.8) is 0 Å². The van der Waals surface area contributed by atoms with Gasteiger partial charge in [-0.05, 0) is 19.3 Å². The number of carbonyl (C=O) groups excluding carboxylic acids is 1. The van der Waals surface area contributed by atoms with Gasteiger partial charge in [-0.1, -0.05) is 26.2 Å². The van der Waals surface area contributed by atoms with Crippen LogP contribution in [0.25, 0.3) is 0 Å². The Bertz CT molecular complexity index is 183. The molecule has 3 nitrogen and oxygen atoms in total. The van der Waals surface area contributed by atoms with Crippen molar-refractivity contribution in [2.75, 3.05) is 13.7 Å². The van der Waals surface area contributed by atoms with Gasteiger partial charge < -0.3 is 9.47 Å². The molecule has 0 aromatic heterocycles. The van der Waals surface area contributed by atoms with E-state index >= 15 is 0 Å². The average molecular weight is 214 g/mol. The standard InChI is InChI=1S/C12H22O3/c1-3-4-5-6-11-8-7-10(9-15-11)12(13)14-2/h10-11H,3-9H2,1-2H3. The highest BCUT2D eigenvalue weighted by Gasteiger charge is 2.26. The zero-order chi connectivity index (χ0) is 11.1. The van der Waals surface area contributed by atoms with E-state index in [9.17, 15) is 4.79 Å². The molecular weight excluding hydrogens is 192 g/mol. The smallest absolute Gasteiger partial charge is 0.311 e. The highest BCUT2D eigenvalue weighted by molar-refractivity contribution is 5.72. The molecule has 1 saturated heterocycles. The molecule has 0 saturated carbocycles. The largest absolute Gasteiger partial charge is 0.469 e. The molecule has 0 bridgehead atoms. The summed E-state index contributed by atoms with van der Waals surface area (Å²) >= 11 is 0. The lowest BCUT2D eigenvalue weighted by Gasteiger charge is -2.27. The second-order valence-electron chi connectivity index (χ2n) is 4.25. The van der Waals surface area contributed by atoms with Crippen molar-refractivity contribution in [2.45, 2.75) is 51.6 Å². The molecule has 2 atom stereocenters. The average Bonchev–Trinajstić information content (AvgIpc) is 2.29. The maximum Gasteiger partial charge on any atom is 0.311 e. The Labute approximate surface area is 92.1 Å². The topological polar surface area (TPSA) is 35.5 Å². The number of ether oxygens (including phenoxy) is 2. The van der Waals surface area contributed by atoms with Gasteiger partial charge in [0, 0.05) is 0 Å². The molecule has 0 aliphatic carbocycles. The minimum atomic E-state index is -0.123. The van der Waals surface area contributed by atoms with Crippen LogP contribution in [0.1, 0.15) is 45.4 Å². The predicted molar refractivity (Wildman–Crippen MR) is 58.6 cm³/mol. The second kappa shape index (κ2) is 6.83. The number of unbranched alkanes of at least 4 members (excludes halogenated alkanes) is 2. The molecule has 2 unspecified atom stereocenters. The summed E-state index contributed by atoms with van der Waals surface area (Å²) in [4.78, 5) is 11.2. The van der Waals surface area contributed by atoms with Gasteiger partial charge in [-0.3, -0.25) is 4.79 Å². The van der Waals surface area contributed by atoms with Crippen molar-refractivity contribution in [1.82, 2.24) is 0 Å². The predicted octanol–water partition coefficient (Wildman–Crippen LogP) is 2.53. The molecule has 0 spiro atoms. The summed E-state index contributed by atoms with van der Waals surface area (Å²) in [5.41, 5.74) is 0. The van der Waals surface area contributed by atoms with E-state index in [0.29, 0.717) is 12.7 Å². The summed E-state index contributed by atoms with van der Waals surface area (Å²) in [6.45, 7) is 2.75. The molecule has 88 valence electrons. The fourth-order valence-electron chi connectivity index (χ4n) is 2.01. The van der Waals surface area contributed by atoms with Crippen LogP contribution >= 0.6 is 0 Å². The Kier molecular flexibility index (Phi) is 5.69. The molecule has 0 radical (unpaired) electrons. The first-order valence-electron chi connectivity index (χ1n) is 5.97. The summed E-state index contributed by atoms with van der Waals surface area (Å²) in [6, 6.07) is 0. The van der Waals surface area contributed by atoms with Crippen LogP contribution in [0.5, 0.6) is 0 Å². The van der Waals surface area contributed by atoms with Gasteiger partial charge >= 0.3 is 5.97 Å². The highest BCUT2D eigenvalue weighted by atomic mass is 16.5. The van der Waals surface area contributed by atoms with Crippen molar-refractivity contribution in [3.05, 3.63) is 0 Å². The van der Waals surface area contributed by atoms with Crippen molar-refractivity contribution >= 4 is 5.97 Å². The van der Waals surface area contributed by atoms with Crippen LogP contribution in [0, 0.1) is 5.92 Å². The monoisotopic (exact) mass is 214 g/mol. The number of hydrogen-bond donors (Lipinski definition) is 0. The minimum absolute atomic E-state index is 0.0302. The van der Waals surface area contributed by atoms with Gasteiger partial charge in [-0.15, -0.1) is 0 Å². The van der Waals surface area contributed by atoms with Crippen LogP contribution in [0.4, 0.5) is 0 Å². The second-order valence-corrected chi connectivity index (χ2v) is 4.25. The maximum absolute atomic E-state index is 11.2. The molecule has 1 aliphatic heterocycles. The molecular formula is C12H22O3. The van der Waals surface area contributed by atoms with E-state index in [1.807, 2.05) is 0 Å². The fourth-order valence-corrected chi connectivity index (χ4v) is 2.01. The first-order valence-corrected chi connectivity index (χ1v) is 5.97. The van der Waals surface area contributed by atoms with Crippen molar-refractivity contribution in [3.8, 4) is 0 Å². The van der Waals surface area contributed by atoms with Gasteiger partial charge in [0.05, 0.1) is 25.7 Å². The van der Waals surface area contributed by atoms with E-state index in [0.717, 1.165) is 19.3 Å². The van der Waals surface area contributed by atoms with E-state index in [1.165, 1.54) is 26.4 Å². The Morgan fingerprint density at radius 1 is 1.40 bits per heavy atom. The van der Waals surface area contributed by atoms with Crippen LogP contribution in [0.15, 0.2) is 0 Å². The van der Waals surface area contributed by atoms with Crippen molar-refractivity contribution in [2.24, 2.45) is 5.92 Å². The number of hydrogen-bond acceptors (Lipinski definition) is 3. The van der Waals surface area contributed by atoms with E-state index < -0.39 is 0 Å². The van der Waals surface area contributed by atoms with E-state index in [1.54, 1.807) is 0 Å². The number of carbonyl (C=O) groups is 1. The van der Waals surface area contributed by atoms with E-state index in [2.05, 4.69) is 6.92 Å². The van der Waals surface area contributed by atoms with E-state index in [4.69, 9.17) is 9.47 Å². The van der Waals surface area contributed by atoms with Crippen LogP contribution in [0.2, 0.25) is 0 Å². The van der Waals surface area contributed by atoms with Crippen LogP contribution in [-0.2, 0) is 14.3 Å². The van der Waals surface area contributed by atoms with Gasteiger partial charge in [-0.2, -0.15) is 0 Å². The quantitative estimate of drug-likeness (QED) is 0.521. The van der Waals surface area contributed by atoms with Gasteiger partial charge in [0.15, 0.2) is 0 Å². The lowest BCUT2D eigenvalue weighted by atomic mass is 9.96. The van der Waals surface area contributed by atoms with Crippen molar-refractivity contribution < 1.29 is 14.3 Å². The van der Waals surface area contributed by atoms with Gasteiger partial charge in [0.2, 0.25) is 0 Å². The van der Waals surface area contributed by atoms with Gasteiger partial charge in [-0.25, -0.2) is 0 Å². The molecule has 1 rings (SSSR count). The maximum atomic E-state index is 11.2. The minimum Gasteiger partial charge on any atom is -0.469 e. The molecule has 15 heavy (non-hydrogen) atoms. The van der Waals surface area contributed by atoms with Crippen LogP contribution in [0.3, 0.4) is 0 Å². The molecule has 1 heterocycles. The summed E-state index contributed by atoms with van der Waals surface area (Å²) in [7, 11) is 1.44. The molecule has 0 N–H and O–H groups in total. The van der Waals surface area contributed by atoms with Crippen molar-refractivity contribution in [1.29, 1.82) is 0 Å². The third-order valence-corrected chi connectivity index (χ3v) is 3.03. The lowest BCUT2D eigenvalue weighted by Crippen LogP contribution is -2.31. The van der Waals surface area contributed by atoms with Crippen LogP contribution in [-0.4, -0.2) is 25.8 Å². The summed E-state index contributed by atoms with van der Waals surface area (Å²) < 4.78 is 10.4. The summed E-state index contributed by atoms with van der Waals surface area (Å²) in [5.74, 6) is -0.153. The lowest BCUT2D eigenvalue weighted by molar-refractivity contribution is -0.152. The summed E-state index contributed by atoms with van der Waals surface area (Å²) in [5, 5.41) is 0. The number of methoxy groups -OCH3 is 1. The third-order valence-electron chi connectivity index (χ3n) is 3.03. The van der Waals surface area contributed by atoms with E-state index in [-0.39, 0.29) is 11.9 Å².